The monoisotopic (exact) mass is 268 g/mol. The summed E-state index contributed by atoms with van der Waals surface area (Å²) in [6, 6.07) is 0. The average Bonchev–Trinajstić information content (AvgIpc) is 2.68. The van der Waals surface area contributed by atoms with E-state index < -0.39 is 15.8 Å². The molecule has 0 aromatic rings. The molecule has 0 aromatic heterocycles. The molecule has 0 bridgehead atoms. The van der Waals surface area contributed by atoms with Crippen LogP contribution in [-0.2, 0) is 14.3 Å². The smallest absolute Gasteiger partial charge is 0.326 e. The number of carbonyl (C=O) groups is 2. The molecule has 1 fully saturated rings. The zero-order chi connectivity index (χ0) is 14.0. The molecular formula is C14H20O3S. The van der Waals surface area contributed by atoms with E-state index in [4.69, 9.17) is 4.74 Å². The lowest BCUT2D eigenvalue weighted by atomic mass is 9.82. The van der Waals surface area contributed by atoms with Crippen LogP contribution in [0, 0.1) is 5.41 Å². The molecule has 4 heteroatoms. The molecule has 0 saturated carbocycles. The van der Waals surface area contributed by atoms with E-state index in [9.17, 15) is 9.59 Å². The van der Waals surface area contributed by atoms with Gasteiger partial charge in [0.15, 0.2) is 0 Å². The SMILES string of the molecule is C=C[C@]1(C=O)CS[C@@](C=C)(C(=O)OC(C)(C)C)C1. The summed E-state index contributed by atoms with van der Waals surface area (Å²) in [5, 5.41) is 0. The molecule has 1 aliphatic heterocycles. The first kappa shape index (κ1) is 15.0. The van der Waals surface area contributed by atoms with Gasteiger partial charge in [0.1, 0.15) is 16.6 Å². The Hall–Kier alpha value is -1.03. The Labute approximate surface area is 113 Å². The lowest BCUT2D eigenvalue weighted by molar-refractivity contribution is -0.156. The molecule has 0 amide bonds. The molecular weight excluding hydrogens is 248 g/mol. The predicted octanol–water partition coefficient (Wildman–Crippen LogP) is 2.76. The second-order valence-electron chi connectivity index (χ2n) is 5.62. The van der Waals surface area contributed by atoms with E-state index in [0.717, 1.165) is 6.29 Å². The van der Waals surface area contributed by atoms with Crippen LogP contribution in [0.25, 0.3) is 0 Å². The van der Waals surface area contributed by atoms with Crippen molar-refractivity contribution in [2.45, 2.75) is 37.5 Å². The third kappa shape index (κ3) is 2.86. The highest BCUT2D eigenvalue weighted by Crippen LogP contribution is 2.50. The number of carbonyl (C=O) groups excluding carboxylic acids is 2. The van der Waals surface area contributed by atoms with Crippen molar-refractivity contribution in [3.63, 3.8) is 0 Å². The molecule has 1 rings (SSSR count). The highest BCUT2D eigenvalue weighted by Gasteiger charge is 2.52. The lowest BCUT2D eigenvalue weighted by Gasteiger charge is -2.28. The zero-order valence-corrected chi connectivity index (χ0v) is 12.0. The number of allylic oxidation sites excluding steroid dienone is 1. The first-order valence-corrected chi connectivity index (χ1v) is 6.82. The Kier molecular flexibility index (Phi) is 4.11. The topological polar surface area (TPSA) is 43.4 Å². The van der Waals surface area contributed by atoms with E-state index in [-0.39, 0.29) is 5.97 Å². The van der Waals surface area contributed by atoms with E-state index >= 15 is 0 Å². The highest BCUT2D eigenvalue weighted by molar-refractivity contribution is 8.01. The van der Waals surface area contributed by atoms with Crippen LogP contribution >= 0.6 is 11.8 Å². The van der Waals surface area contributed by atoms with Crippen molar-refractivity contribution < 1.29 is 14.3 Å². The van der Waals surface area contributed by atoms with Crippen molar-refractivity contribution >= 4 is 24.0 Å². The number of ether oxygens (including phenoxy) is 1. The van der Waals surface area contributed by atoms with Crippen LogP contribution < -0.4 is 0 Å². The van der Waals surface area contributed by atoms with Crippen LogP contribution in [0.15, 0.2) is 25.3 Å². The minimum atomic E-state index is -0.845. The van der Waals surface area contributed by atoms with Crippen molar-refractivity contribution in [3.8, 4) is 0 Å². The van der Waals surface area contributed by atoms with Gasteiger partial charge in [0.25, 0.3) is 0 Å². The van der Waals surface area contributed by atoms with E-state index in [2.05, 4.69) is 13.2 Å². The summed E-state index contributed by atoms with van der Waals surface area (Å²) in [5.74, 6) is 0.200. The van der Waals surface area contributed by atoms with Crippen LogP contribution in [0.1, 0.15) is 27.2 Å². The Morgan fingerprint density at radius 3 is 2.28 bits per heavy atom. The van der Waals surface area contributed by atoms with E-state index in [1.165, 1.54) is 11.8 Å². The molecule has 0 unspecified atom stereocenters. The van der Waals surface area contributed by atoms with E-state index in [0.29, 0.717) is 12.2 Å². The molecule has 100 valence electrons. The molecule has 0 aromatic carbocycles. The van der Waals surface area contributed by atoms with E-state index in [1.54, 1.807) is 12.2 Å². The molecule has 1 saturated heterocycles. The summed E-state index contributed by atoms with van der Waals surface area (Å²) in [5.41, 5.74) is -1.20. The maximum Gasteiger partial charge on any atom is 0.326 e. The fraction of sp³-hybridized carbons (Fsp3) is 0.571. The van der Waals surface area contributed by atoms with Gasteiger partial charge in [-0.3, -0.25) is 4.79 Å². The largest absolute Gasteiger partial charge is 0.459 e. The zero-order valence-electron chi connectivity index (χ0n) is 11.2. The quantitative estimate of drug-likeness (QED) is 0.447. The molecule has 0 N–H and O–H groups in total. The first-order chi connectivity index (χ1) is 8.22. The summed E-state index contributed by atoms with van der Waals surface area (Å²) in [6.45, 7) is 12.9. The van der Waals surface area contributed by atoms with Crippen LogP contribution in [0.5, 0.6) is 0 Å². The summed E-state index contributed by atoms with van der Waals surface area (Å²) in [6.07, 6.45) is 4.43. The van der Waals surface area contributed by atoms with Crippen molar-refractivity contribution in [2.24, 2.45) is 5.41 Å². The minimum Gasteiger partial charge on any atom is -0.459 e. The normalized spacial score (nSPS) is 31.7. The van der Waals surface area contributed by atoms with Crippen molar-refractivity contribution in [2.75, 3.05) is 5.75 Å². The van der Waals surface area contributed by atoms with Gasteiger partial charge in [0.05, 0.1) is 5.41 Å². The van der Waals surface area contributed by atoms with Gasteiger partial charge in [-0.05, 0) is 27.2 Å². The number of esters is 1. The summed E-state index contributed by atoms with van der Waals surface area (Å²) < 4.78 is 4.57. The van der Waals surface area contributed by atoms with Gasteiger partial charge < -0.3 is 9.53 Å². The number of thioether (sulfide) groups is 1. The predicted molar refractivity (Wildman–Crippen MR) is 74.5 cm³/mol. The molecule has 3 nitrogen and oxygen atoms in total. The average molecular weight is 268 g/mol. The Morgan fingerprint density at radius 2 is 1.94 bits per heavy atom. The second kappa shape index (κ2) is 4.92. The number of hydrogen-bond donors (Lipinski definition) is 0. The Morgan fingerprint density at radius 1 is 1.33 bits per heavy atom. The van der Waals surface area contributed by atoms with Gasteiger partial charge in [-0.15, -0.1) is 24.9 Å². The van der Waals surface area contributed by atoms with Crippen LogP contribution in [-0.4, -0.2) is 28.4 Å². The molecule has 18 heavy (non-hydrogen) atoms. The fourth-order valence-electron chi connectivity index (χ4n) is 1.82. The third-order valence-corrected chi connectivity index (χ3v) is 4.58. The lowest BCUT2D eigenvalue weighted by Crippen LogP contribution is -2.39. The Bertz CT molecular complexity index is 373. The number of hydrogen-bond acceptors (Lipinski definition) is 4. The molecule has 1 aliphatic rings. The van der Waals surface area contributed by atoms with Crippen molar-refractivity contribution in [1.29, 1.82) is 0 Å². The minimum absolute atomic E-state index is 0.333. The van der Waals surface area contributed by atoms with Gasteiger partial charge >= 0.3 is 5.97 Å². The van der Waals surface area contributed by atoms with Gasteiger partial charge in [0.2, 0.25) is 0 Å². The molecule has 2 atom stereocenters. The van der Waals surface area contributed by atoms with Crippen LogP contribution in [0.3, 0.4) is 0 Å². The standard InChI is InChI=1S/C14H20O3S/c1-6-13(9-15)8-14(7-2,18-10-13)11(16)17-12(3,4)5/h6-7,9H,1-2,8,10H2,3-5H3/t13-,14+/m0/s1. The highest BCUT2D eigenvalue weighted by atomic mass is 32.2. The summed E-state index contributed by atoms with van der Waals surface area (Å²) in [4.78, 5) is 23.5. The molecule has 0 radical (unpaired) electrons. The molecule has 0 aliphatic carbocycles. The summed E-state index contributed by atoms with van der Waals surface area (Å²) >= 11 is 1.40. The fourth-order valence-corrected chi connectivity index (χ4v) is 3.28. The first-order valence-electron chi connectivity index (χ1n) is 5.83. The van der Waals surface area contributed by atoms with E-state index in [1.807, 2.05) is 20.8 Å². The van der Waals surface area contributed by atoms with Gasteiger partial charge in [-0.25, -0.2) is 0 Å². The van der Waals surface area contributed by atoms with Gasteiger partial charge in [0, 0.05) is 5.75 Å². The van der Waals surface area contributed by atoms with Crippen LogP contribution in [0.4, 0.5) is 0 Å². The maximum absolute atomic E-state index is 12.3. The maximum atomic E-state index is 12.3. The third-order valence-electron chi connectivity index (χ3n) is 2.91. The second-order valence-corrected chi connectivity index (χ2v) is 6.92. The number of aldehydes is 1. The number of rotatable bonds is 4. The molecule has 0 spiro atoms. The van der Waals surface area contributed by atoms with Crippen molar-refractivity contribution in [1.82, 2.24) is 0 Å². The Balaban J connectivity index is 2.97. The van der Waals surface area contributed by atoms with Gasteiger partial charge in [-0.1, -0.05) is 12.2 Å². The van der Waals surface area contributed by atoms with Gasteiger partial charge in [-0.2, -0.15) is 0 Å². The summed E-state index contributed by atoms with van der Waals surface area (Å²) in [7, 11) is 0. The molecule has 1 heterocycles. The van der Waals surface area contributed by atoms with Crippen molar-refractivity contribution in [3.05, 3.63) is 25.3 Å². The van der Waals surface area contributed by atoms with Crippen LogP contribution in [0.2, 0.25) is 0 Å².